The van der Waals surface area contributed by atoms with E-state index in [0.29, 0.717) is 17.7 Å². The zero-order valence-electron chi connectivity index (χ0n) is 28.7. The minimum Gasteiger partial charge on any atom is -0.446 e. The Bertz CT molecular complexity index is 2010. The summed E-state index contributed by atoms with van der Waals surface area (Å²) in [6, 6.07) is 16.7. The molecule has 3 aromatic heterocycles. The molecule has 0 spiro atoms. The minimum atomic E-state index is -0.734. The first-order valence-electron chi connectivity index (χ1n) is 16.7. The lowest BCUT2D eigenvalue weighted by Gasteiger charge is -2.29. The molecule has 4 amide bonds. The number of rotatable bonds is 6. The Morgan fingerprint density at radius 2 is 1.67 bits per heavy atom. The van der Waals surface area contributed by atoms with Crippen LogP contribution >= 0.6 is 11.3 Å². The van der Waals surface area contributed by atoms with Crippen molar-refractivity contribution in [3.05, 3.63) is 112 Å². The van der Waals surface area contributed by atoms with Crippen molar-refractivity contribution in [2.24, 2.45) is 5.92 Å². The molecule has 0 saturated heterocycles. The van der Waals surface area contributed by atoms with E-state index in [9.17, 15) is 19.2 Å². The van der Waals surface area contributed by atoms with E-state index in [0.717, 1.165) is 10.6 Å². The molecular formula is C37H39N7O6S. The summed E-state index contributed by atoms with van der Waals surface area (Å²) in [4.78, 5) is 69.8. The van der Waals surface area contributed by atoms with Crippen LogP contribution in [-0.4, -0.2) is 56.6 Å². The third-order valence-corrected chi connectivity index (χ3v) is 9.28. The Balaban J connectivity index is 1.36. The lowest BCUT2D eigenvalue weighted by molar-refractivity contribution is -0.136. The van der Waals surface area contributed by atoms with Crippen molar-refractivity contribution in [2.75, 3.05) is 13.1 Å². The largest absolute Gasteiger partial charge is 0.446 e. The van der Waals surface area contributed by atoms with E-state index < -0.39 is 35.8 Å². The zero-order chi connectivity index (χ0) is 36.1. The average molecular weight is 710 g/mol. The van der Waals surface area contributed by atoms with Gasteiger partial charge in [0, 0.05) is 17.5 Å². The van der Waals surface area contributed by atoms with Crippen LogP contribution in [0.15, 0.2) is 81.1 Å². The number of fused-ring (bicyclic) bond motifs is 4. The highest BCUT2D eigenvalue weighted by Gasteiger charge is 2.30. The van der Waals surface area contributed by atoms with E-state index in [4.69, 9.17) is 13.8 Å². The highest BCUT2D eigenvalue weighted by Crippen LogP contribution is 2.26. The lowest BCUT2D eigenvalue weighted by Crippen LogP contribution is -2.47. The van der Waals surface area contributed by atoms with E-state index in [1.807, 2.05) is 79.9 Å². The van der Waals surface area contributed by atoms with Crippen LogP contribution in [0.1, 0.15) is 95.1 Å². The molecule has 0 radical (unpaired) electrons. The van der Waals surface area contributed by atoms with Crippen LogP contribution < -0.4 is 16.0 Å². The zero-order valence-corrected chi connectivity index (χ0v) is 29.5. The van der Waals surface area contributed by atoms with Gasteiger partial charge in [-0.05, 0) is 31.7 Å². The predicted octanol–water partition coefficient (Wildman–Crippen LogP) is 5.34. The van der Waals surface area contributed by atoms with Gasteiger partial charge in [-0.15, -0.1) is 11.3 Å². The number of thiazole rings is 1. The monoisotopic (exact) mass is 709 g/mol. The third-order valence-electron chi connectivity index (χ3n) is 8.34. The Hall–Kier alpha value is -5.63. The topological polar surface area (TPSA) is 173 Å². The number of carbonyl (C=O) groups is 4. The van der Waals surface area contributed by atoms with Gasteiger partial charge in [-0.2, -0.15) is 0 Å². The molecule has 13 nitrogen and oxygen atoms in total. The standard InChI is InChI=1S/C37H39N7O6S/c1-21(2)15-27-36-42-29(19-49-36)33(47)38-22(3)35-43-32(23(4)50-35)34(48)41-28(24-11-7-5-8-12-24)17-44(18-30(45)40-27)31(46)16-26-20-51-37(39-26)25-13-9-6-10-14-25/h5-14,19-22,27-28H,15-18H2,1-4H3,(H,38,47)(H,40,45)(H,41,48)/t22-,27+,28+/m0/s1. The van der Waals surface area contributed by atoms with Gasteiger partial charge in [-0.25, -0.2) is 15.0 Å². The molecule has 14 heteroatoms. The fourth-order valence-corrected chi connectivity index (χ4v) is 6.62. The summed E-state index contributed by atoms with van der Waals surface area (Å²) in [5, 5.41) is 11.4. The normalized spacial score (nSPS) is 18.8. The van der Waals surface area contributed by atoms with Crippen molar-refractivity contribution >= 4 is 35.0 Å². The fraction of sp³-hybridized carbons (Fsp3) is 0.324. The summed E-state index contributed by atoms with van der Waals surface area (Å²) in [7, 11) is 0. The van der Waals surface area contributed by atoms with E-state index in [1.165, 1.54) is 22.5 Å². The molecule has 3 atom stereocenters. The summed E-state index contributed by atoms with van der Waals surface area (Å²) in [5.74, 6) is -1.25. The Morgan fingerprint density at radius 3 is 2.39 bits per heavy atom. The summed E-state index contributed by atoms with van der Waals surface area (Å²) >= 11 is 1.43. The van der Waals surface area contributed by atoms with Gasteiger partial charge in [0.1, 0.15) is 29.1 Å². The van der Waals surface area contributed by atoms with Gasteiger partial charge in [-0.3, -0.25) is 19.2 Å². The van der Waals surface area contributed by atoms with Gasteiger partial charge in [-0.1, -0.05) is 74.5 Å². The molecule has 51 heavy (non-hydrogen) atoms. The smallest absolute Gasteiger partial charge is 0.274 e. The van der Waals surface area contributed by atoms with Crippen LogP contribution in [0.3, 0.4) is 0 Å². The van der Waals surface area contributed by atoms with Gasteiger partial charge in [0.2, 0.25) is 23.6 Å². The number of hydrogen-bond acceptors (Lipinski definition) is 10. The molecule has 6 rings (SSSR count). The fourth-order valence-electron chi connectivity index (χ4n) is 5.79. The van der Waals surface area contributed by atoms with Gasteiger partial charge in [0.25, 0.3) is 11.8 Å². The molecule has 0 saturated carbocycles. The molecule has 264 valence electrons. The van der Waals surface area contributed by atoms with Crippen LogP contribution in [0.5, 0.6) is 0 Å². The number of carbonyl (C=O) groups excluding carboxylic acids is 4. The van der Waals surface area contributed by atoms with E-state index in [-0.39, 0.29) is 60.3 Å². The Morgan fingerprint density at radius 1 is 0.941 bits per heavy atom. The highest BCUT2D eigenvalue weighted by atomic mass is 32.1. The van der Waals surface area contributed by atoms with Crippen molar-refractivity contribution in [3.8, 4) is 10.6 Å². The van der Waals surface area contributed by atoms with E-state index in [1.54, 1.807) is 13.8 Å². The van der Waals surface area contributed by atoms with Crippen molar-refractivity contribution < 1.29 is 28.0 Å². The molecule has 2 aromatic carbocycles. The first-order valence-corrected chi connectivity index (χ1v) is 17.6. The number of hydrogen-bond donors (Lipinski definition) is 3. The molecule has 1 aliphatic heterocycles. The predicted molar refractivity (Wildman–Crippen MR) is 188 cm³/mol. The van der Waals surface area contributed by atoms with Crippen LogP contribution in [0.4, 0.5) is 0 Å². The number of amides is 4. The summed E-state index contributed by atoms with van der Waals surface area (Å²) in [6.07, 6.45) is 1.62. The summed E-state index contributed by atoms with van der Waals surface area (Å²) in [5.41, 5.74) is 2.24. The van der Waals surface area contributed by atoms with E-state index in [2.05, 4.69) is 25.9 Å². The van der Waals surface area contributed by atoms with Crippen molar-refractivity contribution in [1.29, 1.82) is 0 Å². The first-order chi connectivity index (χ1) is 24.5. The molecule has 0 unspecified atom stereocenters. The van der Waals surface area contributed by atoms with Crippen molar-refractivity contribution in [1.82, 2.24) is 35.8 Å². The number of oxazole rings is 2. The number of nitrogens with zero attached hydrogens (tertiary/aromatic N) is 4. The first kappa shape index (κ1) is 35.2. The molecule has 4 bridgehead atoms. The third kappa shape index (κ3) is 8.58. The van der Waals surface area contributed by atoms with Gasteiger partial charge in [0.05, 0.1) is 24.7 Å². The summed E-state index contributed by atoms with van der Waals surface area (Å²) in [6.45, 7) is 6.89. The Labute approximate surface area is 298 Å². The maximum absolute atomic E-state index is 14.1. The maximum Gasteiger partial charge on any atom is 0.274 e. The lowest BCUT2D eigenvalue weighted by atomic mass is 10.0. The van der Waals surface area contributed by atoms with Crippen LogP contribution in [0.25, 0.3) is 10.6 Å². The maximum atomic E-state index is 14.1. The average Bonchev–Trinajstić information content (AvgIpc) is 3.88. The van der Waals surface area contributed by atoms with Gasteiger partial charge in [0.15, 0.2) is 11.4 Å². The second-order valence-corrected chi connectivity index (χ2v) is 13.7. The molecular weight excluding hydrogens is 671 g/mol. The Kier molecular flexibility index (Phi) is 10.7. The van der Waals surface area contributed by atoms with Crippen LogP contribution in [-0.2, 0) is 16.0 Å². The minimum absolute atomic E-state index is 0.00265. The van der Waals surface area contributed by atoms with Gasteiger partial charge >= 0.3 is 0 Å². The molecule has 0 fully saturated rings. The molecule has 5 aromatic rings. The van der Waals surface area contributed by atoms with Crippen LogP contribution in [0, 0.1) is 12.8 Å². The van der Waals surface area contributed by atoms with Crippen molar-refractivity contribution in [3.63, 3.8) is 0 Å². The number of nitrogens with one attached hydrogen (secondary N) is 3. The SMILES string of the molecule is Cc1oc2nc1C(=O)N[C@@H](c1ccccc1)CN(C(=O)Cc1csc(-c3ccccc3)n1)CC(=O)N[C@H](CC(C)C)c1nc(co1)C(=O)N[C@H]2C. The molecule has 0 aliphatic carbocycles. The second kappa shape index (κ2) is 15.5. The number of aromatic nitrogens is 3. The quantitative estimate of drug-likeness (QED) is 0.210. The molecule has 4 heterocycles. The van der Waals surface area contributed by atoms with Crippen LogP contribution in [0.2, 0.25) is 0 Å². The molecule has 1 aliphatic rings. The second-order valence-electron chi connectivity index (χ2n) is 12.9. The highest BCUT2D eigenvalue weighted by molar-refractivity contribution is 7.13. The van der Waals surface area contributed by atoms with Gasteiger partial charge < -0.3 is 29.7 Å². The molecule has 3 N–H and O–H groups in total. The van der Waals surface area contributed by atoms with Crippen molar-refractivity contribution in [2.45, 2.75) is 58.7 Å². The number of benzene rings is 2. The summed E-state index contributed by atoms with van der Waals surface area (Å²) < 4.78 is 11.5. The van der Waals surface area contributed by atoms with E-state index >= 15 is 0 Å². The number of aryl methyl sites for hydroxylation is 1.